The molecule has 1 saturated heterocycles. The highest BCUT2D eigenvalue weighted by Crippen LogP contribution is 2.30. The van der Waals surface area contributed by atoms with Crippen molar-refractivity contribution in [2.24, 2.45) is 0 Å². The summed E-state index contributed by atoms with van der Waals surface area (Å²) >= 11 is 0. The summed E-state index contributed by atoms with van der Waals surface area (Å²) in [7, 11) is 1.73. The summed E-state index contributed by atoms with van der Waals surface area (Å²) in [4.78, 5) is 0. The second-order valence-corrected chi connectivity index (χ2v) is 4.68. The molecule has 0 aliphatic carbocycles. The maximum absolute atomic E-state index is 5.44. The number of nitrogens with zero attached hydrogens (tertiary/aromatic N) is 2. The van der Waals surface area contributed by atoms with E-state index in [2.05, 4.69) is 22.0 Å². The minimum Gasteiger partial charge on any atom is -0.493 e. The van der Waals surface area contributed by atoms with Crippen LogP contribution in [0.15, 0.2) is 6.20 Å². The highest BCUT2D eigenvalue weighted by molar-refractivity contribution is 5.28. The van der Waals surface area contributed by atoms with Crippen LogP contribution in [0.5, 0.6) is 5.75 Å². The van der Waals surface area contributed by atoms with Crippen LogP contribution < -0.4 is 10.1 Å². The van der Waals surface area contributed by atoms with Crippen LogP contribution in [0, 0.1) is 0 Å². The normalized spacial score (nSPS) is 21.2. The maximum Gasteiger partial charge on any atom is 0.161 e. The van der Waals surface area contributed by atoms with Crippen molar-refractivity contribution in [3.8, 4) is 5.75 Å². The molecular weight excluding hydrogens is 214 g/mol. The highest BCUT2D eigenvalue weighted by atomic mass is 16.5. The van der Waals surface area contributed by atoms with Gasteiger partial charge in [-0.25, -0.2) is 0 Å². The number of aromatic nitrogens is 2. The molecule has 1 aromatic rings. The Kier molecular flexibility index (Phi) is 4.42. The van der Waals surface area contributed by atoms with E-state index in [0.717, 1.165) is 25.3 Å². The average molecular weight is 237 g/mol. The first kappa shape index (κ1) is 12.4. The number of rotatable bonds is 4. The summed E-state index contributed by atoms with van der Waals surface area (Å²) in [6.07, 6.45) is 8.03. The first-order chi connectivity index (χ1) is 8.36. The fraction of sp³-hybridized carbons (Fsp3) is 0.769. The van der Waals surface area contributed by atoms with Crippen molar-refractivity contribution in [2.75, 3.05) is 13.7 Å². The molecular formula is C13H23N3O. The van der Waals surface area contributed by atoms with Crippen LogP contribution in [0.1, 0.15) is 50.8 Å². The van der Waals surface area contributed by atoms with Crippen LogP contribution in [-0.2, 0) is 6.54 Å². The van der Waals surface area contributed by atoms with E-state index >= 15 is 0 Å². The summed E-state index contributed by atoms with van der Waals surface area (Å²) in [6, 6.07) is 0.404. The number of hydrogen-bond donors (Lipinski definition) is 1. The Morgan fingerprint density at radius 1 is 1.47 bits per heavy atom. The van der Waals surface area contributed by atoms with Gasteiger partial charge in [-0.1, -0.05) is 19.8 Å². The Labute approximate surface area is 103 Å². The zero-order valence-electron chi connectivity index (χ0n) is 10.9. The molecule has 0 bridgehead atoms. The predicted molar refractivity (Wildman–Crippen MR) is 68.3 cm³/mol. The molecule has 1 atom stereocenters. The lowest BCUT2D eigenvalue weighted by Gasteiger charge is -2.18. The number of aryl methyl sites for hydroxylation is 1. The summed E-state index contributed by atoms with van der Waals surface area (Å²) < 4.78 is 7.54. The van der Waals surface area contributed by atoms with E-state index in [4.69, 9.17) is 4.74 Å². The summed E-state index contributed by atoms with van der Waals surface area (Å²) in [6.45, 7) is 4.25. The fourth-order valence-corrected chi connectivity index (χ4v) is 2.54. The molecule has 4 nitrogen and oxygen atoms in total. The van der Waals surface area contributed by atoms with Gasteiger partial charge in [0.15, 0.2) is 5.75 Å². The molecule has 2 heterocycles. The van der Waals surface area contributed by atoms with Crippen molar-refractivity contribution >= 4 is 0 Å². The molecule has 96 valence electrons. The van der Waals surface area contributed by atoms with E-state index < -0.39 is 0 Å². The minimum absolute atomic E-state index is 0.404. The molecule has 1 aliphatic heterocycles. The van der Waals surface area contributed by atoms with Gasteiger partial charge in [-0.3, -0.25) is 4.68 Å². The Morgan fingerprint density at radius 3 is 3.12 bits per heavy atom. The van der Waals surface area contributed by atoms with Crippen LogP contribution in [0.25, 0.3) is 0 Å². The molecule has 4 heteroatoms. The number of methoxy groups -OCH3 is 1. The molecule has 0 amide bonds. The monoisotopic (exact) mass is 237 g/mol. The van der Waals surface area contributed by atoms with Crippen molar-refractivity contribution in [2.45, 2.75) is 51.6 Å². The van der Waals surface area contributed by atoms with E-state index in [-0.39, 0.29) is 0 Å². The third kappa shape index (κ3) is 2.80. The second kappa shape index (κ2) is 6.05. The van der Waals surface area contributed by atoms with Gasteiger partial charge in [0.25, 0.3) is 0 Å². The third-order valence-corrected chi connectivity index (χ3v) is 3.39. The first-order valence-electron chi connectivity index (χ1n) is 6.70. The molecule has 1 aliphatic rings. The maximum atomic E-state index is 5.44. The van der Waals surface area contributed by atoms with Crippen molar-refractivity contribution < 1.29 is 4.74 Å². The van der Waals surface area contributed by atoms with Gasteiger partial charge in [-0.05, 0) is 25.8 Å². The Morgan fingerprint density at radius 2 is 2.35 bits per heavy atom. The van der Waals surface area contributed by atoms with Gasteiger partial charge in [0.05, 0.1) is 25.0 Å². The lowest BCUT2D eigenvalue weighted by molar-refractivity contribution is 0.387. The second-order valence-electron chi connectivity index (χ2n) is 4.68. The standard InChI is InChI=1S/C13H23N3O/c1-3-9-16-13(12(17-2)10-15-16)11-7-5-4-6-8-14-11/h10-11,14H,3-9H2,1-2H3. The van der Waals surface area contributed by atoms with E-state index in [1.807, 2.05) is 6.20 Å². The topological polar surface area (TPSA) is 39.1 Å². The van der Waals surface area contributed by atoms with Crippen molar-refractivity contribution in [3.63, 3.8) is 0 Å². The zero-order valence-corrected chi connectivity index (χ0v) is 10.9. The number of nitrogens with one attached hydrogen (secondary N) is 1. The van der Waals surface area contributed by atoms with Crippen molar-refractivity contribution in [3.05, 3.63) is 11.9 Å². The molecule has 1 unspecified atom stereocenters. The van der Waals surface area contributed by atoms with Crippen molar-refractivity contribution in [1.82, 2.24) is 15.1 Å². The average Bonchev–Trinajstić information content (AvgIpc) is 2.58. The summed E-state index contributed by atoms with van der Waals surface area (Å²) in [5.74, 6) is 0.929. The number of ether oxygens (including phenoxy) is 1. The van der Waals surface area contributed by atoms with Gasteiger partial charge in [-0.15, -0.1) is 0 Å². The SMILES string of the molecule is CCCn1ncc(OC)c1C1CCCCCN1. The van der Waals surface area contributed by atoms with Crippen LogP contribution in [0.2, 0.25) is 0 Å². The lowest BCUT2D eigenvalue weighted by atomic mass is 10.1. The fourth-order valence-electron chi connectivity index (χ4n) is 2.54. The molecule has 0 radical (unpaired) electrons. The molecule has 1 N–H and O–H groups in total. The Balaban J connectivity index is 2.23. The van der Waals surface area contributed by atoms with E-state index in [0.29, 0.717) is 6.04 Å². The van der Waals surface area contributed by atoms with Crippen LogP contribution in [0.3, 0.4) is 0 Å². The van der Waals surface area contributed by atoms with Gasteiger partial charge in [0.1, 0.15) is 0 Å². The van der Waals surface area contributed by atoms with Crippen molar-refractivity contribution in [1.29, 1.82) is 0 Å². The van der Waals surface area contributed by atoms with E-state index in [1.54, 1.807) is 7.11 Å². The zero-order chi connectivity index (χ0) is 12.1. The summed E-state index contributed by atoms with van der Waals surface area (Å²) in [5.41, 5.74) is 1.23. The van der Waals surface area contributed by atoms with Gasteiger partial charge >= 0.3 is 0 Å². The van der Waals surface area contributed by atoms with Gasteiger partial charge in [0, 0.05) is 6.54 Å². The van der Waals surface area contributed by atoms with Gasteiger partial charge in [0.2, 0.25) is 0 Å². The summed E-state index contributed by atoms with van der Waals surface area (Å²) in [5, 5.41) is 8.05. The lowest BCUT2D eigenvalue weighted by Crippen LogP contribution is -2.24. The molecule has 1 aromatic heterocycles. The van der Waals surface area contributed by atoms with Gasteiger partial charge in [-0.2, -0.15) is 5.10 Å². The van der Waals surface area contributed by atoms with Crippen LogP contribution in [0.4, 0.5) is 0 Å². The molecule has 1 fully saturated rings. The molecule has 0 saturated carbocycles. The molecule has 0 aromatic carbocycles. The van der Waals surface area contributed by atoms with Crippen LogP contribution >= 0.6 is 0 Å². The molecule has 0 spiro atoms. The first-order valence-corrected chi connectivity index (χ1v) is 6.70. The Bertz CT molecular complexity index is 340. The third-order valence-electron chi connectivity index (χ3n) is 3.39. The quantitative estimate of drug-likeness (QED) is 0.874. The van der Waals surface area contributed by atoms with Gasteiger partial charge < -0.3 is 10.1 Å². The predicted octanol–water partition coefficient (Wildman–Crippen LogP) is 2.51. The minimum atomic E-state index is 0.404. The smallest absolute Gasteiger partial charge is 0.161 e. The molecule has 2 rings (SSSR count). The highest BCUT2D eigenvalue weighted by Gasteiger charge is 2.22. The number of hydrogen-bond acceptors (Lipinski definition) is 3. The van der Waals surface area contributed by atoms with E-state index in [1.165, 1.54) is 31.4 Å². The largest absolute Gasteiger partial charge is 0.493 e. The van der Waals surface area contributed by atoms with E-state index in [9.17, 15) is 0 Å². The molecule has 17 heavy (non-hydrogen) atoms. The Hall–Kier alpha value is -1.03. The van der Waals surface area contributed by atoms with Crippen LogP contribution in [-0.4, -0.2) is 23.4 Å².